The number of thioether (sulfide) groups is 3. The van der Waals surface area contributed by atoms with E-state index in [0.717, 1.165) is 41.6 Å². The molecule has 3 aliphatic heterocycles. The van der Waals surface area contributed by atoms with Crippen LogP contribution in [0.4, 0.5) is 0 Å². The number of carbonyl (C=O) groups is 1. The van der Waals surface area contributed by atoms with Crippen molar-refractivity contribution < 1.29 is 35.5 Å². The molecule has 0 amide bonds. The van der Waals surface area contributed by atoms with Crippen LogP contribution in [0, 0.1) is 0 Å². The predicted molar refractivity (Wildman–Crippen MR) is 105 cm³/mol. The van der Waals surface area contributed by atoms with Crippen molar-refractivity contribution in [2.75, 3.05) is 34.5 Å². The zero-order valence-electron chi connectivity index (χ0n) is 14.1. The van der Waals surface area contributed by atoms with Crippen molar-refractivity contribution in [1.29, 1.82) is 0 Å². The summed E-state index contributed by atoms with van der Waals surface area (Å²) in [6, 6.07) is 0.509. The molecule has 6 N–H and O–H groups in total. The second kappa shape index (κ2) is 21.2. The van der Waals surface area contributed by atoms with Gasteiger partial charge in [0.25, 0.3) is 0 Å². The number of Topliss-reactive ketones (excluding diaryl/α,β-unsaturated/α-hetero) is 1. The molecule has 0 saturated carbocycles. The first-order valence-corrected chi connectivity index (χ1v) is 10.1. The molecular formula is C12H29AlLiN3O3S3. The molecule has 0 aromatic carbocycles. The topological polar surface area (TPSA) is 122 Å². The van der Waals surface area contributed by atoms with Crippen LogP contribution in [0.3, 0.4) is 0 Å². The molecule has 132 valence electrons. The molecule has 0 aromatic rings. The first-order valence-electron chi connectivity index (χ1n) is 6.68. The van der Waals surface area contributed by atoms with Gasteiger partial charge in [-0.1, -0.05) is 5.16 Å². The van der Waals surface area contributed by atoms with E-state index in [1.165, 1.54) is 17.9 Å². The number of nitrogens with zero attached hydrogens (tertiary/aromatic N) is 1. The summed E-state index contributed by atoms with van der Waals surface area (Å²) in [4.78, 5) is 10.2. The second-order valence-electron chi connectivity index (χ2n) is 4.43. The molecule has 6 nitrogen and oxygen atoms in total. The normalized spacial score (nSPS) is 23.2. The van der Waals surface area contributed by atoms with Crippen molar-refractivity contribution in [3.8, 4) is 0 Å². The third-order valence-electron chi connectivity index (χ3n) is 2.70. The summed E-state index contributed by atoms with van der Waals surface area (Å²) in [6.45, 7) is 0. The molecule has 3 saturated heterocycles. The summed E-state index contributed by atoms with van der Waals surface area (Å²) in [5.74, 6) is 10.2. The van der Waals surface area contributed by atoms with Crippen molar-refractivity contribution in [2.24, 2.45) is 16.8 Å². The van der Waals surface area contributed by atoms with Gasteiger partial charge >= 0.3 is 18.9 Å². The average molecular weight is 394 g/mol. The van der Waals surface area contributed by atoms with E-state index in [2.05, 4.69) is 11.1 Å². The Bertz CT molecular complexity index is 303. The Hall–Kier alpha value is 1.20. The average Bonchev–Trinajstić information content (AvgIpc) is 3.25. The first-order chi connectivity index (χ1) is 10.2. The maximum Gasteiger partial charge on any atom is 1.00 e. The molecule has 1 atom stereocenters. The summed E-state index contributed by atoms with van der Waals surface area (Å²) in [6.07, 6.45) is 3.01. The number of rotatable bonds is 0. The third-order valence-corrected chi connectivity index (χ3v) is 5.94. The van der Waals surface area contributed by atoms with Gasteiger partial charge in [0.2, 0.25) is 0 Å². The SMILES string of the molecule is NC1CCSC1.NO.O/N=C1/CCSC1.O=C1CCSC1.[AlH3].[H-].[Li+]. The van der Waals surface area contributed by atoms with E-state index in [1.807, 2.05) is 23.5 Å². The van der Waals surface area contributed by atoms with Crippen LogP contribution in [-0.4, -0.2) is 79.8 Å². The van der Waals surface area contributed by atoms with Crippen molar-refractivity contribution in [2.45, 2.75) is 25.3 Å². The largest absolute Gasteiger partial charge is 1.00 e. The molecule has 23 heavy (non-hydrogen) atoms. The van der Waals surface area contributed by atoms with Gasteiger partial charge in [-0.3, -0.25) is 4.79 Å². The Balaban J connectivity index is -0.000000112. The number of hydrogen-bond acceptors (Lipinski definition) is 9. The number of carbonyl (C=O) groups excluding carboxylic acids is 1. The van der Waals surface area contributed by atoms with Crippen molar-refractivity contribution in [1.82, 2.24) is 0 Å². The summed E-state index contributed by atoms with van der Waals surface area (Å²) < 4.78 is 0. The van der Waals surface area contributed by atoms with Crippen LogP contribution >= 0.6 is 35.3 Å². The van der Waals surface area contributed by atoms with E-state index in [1.54, 1.807) is 11.8 Å². The van der Waals surface area contributed by atoms with Gasteiger partial charge in [-0.15, -0.1) is 0 Å². The van der Waals surface area contributed by atoms with Gasteiger partial charge in [-0.05, 0) is 24.3 Å². The Labute approximate surface area is 175 Å². The van der Waals surface area contributed by atoms with Crippen LogP contribution in [0.2, 0.25) is 0 Å². The van der Waals surface area contributed by atoms with E-state index >= 15 is 0 Å². The molecule has 0 radical (unpaired) electrons. The fraction of sp³-hybridized carbons (Fsp3) is 0.833. The minimum absolute atomic E-state index is 0. The summed E-state index contributed by atoms with van der Waals surface area (Å²) in [5, 5.41) is 17.7. The van der Waals surface area contributed by atoms with Crippen molar-refractivity contribution >= 4 is 64.1 Å². The fourth-order valence-corrected chi connectivity index (χ4v) is 4.48. The monoisotopic (exact) mass is 393 g/mol. The Morgan fingerprint density at radius 1 is 1.09 bits per heavy atom. The maximum atomic E-state index is 10.2. The van der Waals surface area contributed by atoms with Gasteiger partial charge in [-0.2, -0.15) is 35.3 Å². The standard InChI is InChI=1S/C4H7NOS.C4H9NS.C4H6OS.Al.Li.H3NO.4H/c6-5-4-1-2-7-3-4;2*5-4-1-2-6-3-4;;;1-2;;;;/h6H,1-3H2;4H,1-3,5H2;1-3H2;;;2H,1H2;;;;/q;;;;+1;;;;;-1/b5-4-;;;;;;;;;. The Kier molecular flexibility index (Phi) is 26.8. The Morgan fingerprint density at radius 2 is 1.70 bits per heavy atom. The van der Waals surface area contributed by atoms with Crippen molar-refractivity contribution in [3.63, 3.8) is 0 Å². The minimum Gasteiger partial charge on any atom is -1.00 e. The Morgan fingerprint density at radius 3 is 1.87 bits per heavy atom. The maximum absolute atomic E-state index is 10.2. The second-order valence-corrected chi connectivity index (χ2v) is 7.79. The first kappa shape index (κ1) is 29.0. The molecule has 3 fully saturated rings. The van der Waals surface area contributed by atoms with Crippen LogP contribution in [-0.2, 0) is 4.79 Å². The molecule has 11 heteroatoms. The minimum atomic E-state index is 0. The van der Waals surface area contributed by atoms with Crippen LogP contribution in [0.25, 0.3) is 0 Å². The van der Waals surface area contributed by atoms with Crippen LogP contribution in [0.15, 0.2) is 5.16 Å². The predicted octanol–water partition coefficient (Wildman–Crippen LogP) is -2.64. The van der Waals surface area contributed by atoms with E-state index in [4.69, 9.17) is 16.1 Å². The number of ketones is 1. The van der Waals surface area contributed by atoms with Crippen molar-refractivity contribution in [3.05, 3.63) is 0 Å². The molecule has 3 heterocycles. The van der Waals surface area contributed by atoms with E-state index in [0.29, 0.717) is 11.8 Å². The van der Waals surface area contributed by atoms with Crippen LogP contribution in [0.1, 0.15) is 20.7 Å². The zero-order valence-corrected chi connectivity index (χ0v) is 15.5. The molecule has 3 aliphatic rings. The summed E-state index contributed by atoms with van der Waals surface area (Å²) in [5.41, 5.74) is 6.45. The molecular weight excluding hydrogens is 364 g/mol. The van der Waals surface area contributed by atoms with Gasteiger partial charge in [0.05, 0.1) is 11.5 Å². The van der Waals surface area contributed by atoms with E-state index in [-0.39, 0.29) is 37.6 Å². The molecule has 0 aliphatic carbocycles. The summed E-state index contributed by atoms with van der Waals surface area (Å²) in [7, 11) is 0. The van der Waals surface area contributed by atoms with Crippen LogP contribution < -0.4 is 30.5 Å². The van der Waals surface area contributed by atoms with Gasteiger partial charge in [0.1, 0.15) is 5.78 Å². The van der Waals surface area contributed by atoms with Gasteiger partial charge in [0.15, 0.2) is 17.4 Å². The summed E-state index contributed by atoms with van der Waals surface area (Å²) >= 11 is 5.51. The van der Waals surface area contributed by atoms with Gasteiger partial charge in [0, 0.05) is 29.7 Å². The zero-order chi connectivity index (χ0) is 15.9. The smallest absolute Gasteiger partial charge is 1.00 e. The van der Waals surface area contributed by atoms with E-state index in [9.17, 15) is 4.79 Å². The molecule has 1 unspecified atom stereocenters. The van der Waals surface area contributed by atoms with Crippen LogP contribution in [0.5, 0.6) is 0 Å². The molecule has 0 aromatic heterocycles. The van der Waals surface area contributed by atoms with Gasteiger partial charge < -0.3 is 17.6 Å². The number of oxime groups is 1. The molecule has 0 bridgehead atoms. The van der Waals surface area contributed by atoms with Gasteiger partial charge in [-0.25, -0.2) is 5.90 Å². The molecule has 3 rings (SSSR count). The molecule has 0 spiro atoms. The third kappa shape index (κ3) is 17.8. The number of hydrogen-bond donors (Lipinski definition) is 4. The quantitative estimate of drug-likeness (QED) is 0.200. The number of nitrogens with two attached hydrogens (primary N) is 2. The fourth-order valence-electron chi connectivity index (χ4n) is 1.53. The van der Waals surface area contributed by atoms with E-state index < -0.39 is 0 Å².